The van der Waals surface area contributed by atoms with Gasteiger partial charge in [-0.15, -0.1) is 0 Å². The van der Waals surface area contributed by atoms with Crippen LogP contribution in [0.2, 0.25) is 0 Å². The lowest BCUT2D eigenvalue weighted by Crippen LogP contribution is -2.16. The molecule has 4 nitrogen and oxygen atoms in total. The minimum atomic E-state index is -0.271. The molecular formula is C12H13NO3. The zero-order valence-corrected chi connectivity index (χ0v) is 9.03. The Morgan fingerprint density at radius 1 is 1.44 bits per heavy atom. The van der Waals surface area contributed by atoms with Crippen LogP contribution in [0.3, 0.4) is 0 Å². The summed E-state index contributed by atoms with van der Waals surface area (Å²) in [4.78, 5) is 11.2. The first-order valence-corrected chi connectivity index (χ1v) is 5.17. The number of carbonyl (C=O) groups is 1. The van der Waals surface area contributed by atoms with Crippen LogP contribution >= 0.6 is 0 Å². The quantitative estimate of drug-likeness (QED) is 0.802. The molecule has 4 heteroatoms. The van der Waals surface area contributed by atoms with Crippen molar-refractivity contribution in [2.45, 2.75) is 6.92 Å². The Kier molecular flexibility index (Phi) is 3.10. The van der Waals surface area contributed by atoms with E-state index in [0.29, 0.717) is 6.61 Å². The number of hydrogen-bond donors (Lipinski definition) is 1. The molecule has 0 atom stereocenters. The Morgan fingerprint density at radius 3 is 3.06 bits per heavy atom. The number of esters is 1. The monoisotopic (exact) mass is 219 g/mol. The van der Waals surface area contributed by atoms with Crippen molar-refractivity contribution in [3.63, 3.8) is 0 Å². The Balaban J connectivity index is 2.07. The summed E-state index contributed by atoms with van der Waals surface area (Å²) in [6.07, 6.45) is 1.60. The Morgan fingerprint density at radius 2 is 2.25 bits per heavy atom. The summed E-state index contributed by atoms with van der Waals surface area (Å²) in [7, 11) is 0. The van der Waals surface area contributed by atoms with E-state index in [-0.39, 0.29) is 12.5 Å². The predicted molar refractivity (Wildman–Crippen MR) is 61.3 cm³/mol. The first-order valence-electron chi connectivity index (χ1n) is 5.17. The number of anilines is 1. The normalized spacial score (nSPS) is 10.3. The van der Waals surface area contributed by atoms with Gasteiger partial charge in [0, 0.05) is 5.39 Å². The van der Waals surface area contributed by atoms with Crippen molar-refractivity contribution < 1.29 is 13.9 Å². The number of ether oxygens (including phenoxy) is 1. The van der Waals surface area contributed by atoms with Gasteiger partial charge in [-0.25, -0.2) is 0 Å². The van der Waals surface area contributed by atoms with Crippen molar-refractivity contribution in [3.05, 3.63) is 30.5 Å². The number of carbonyl (C=O) groups excluding carboxylic acids is 1. The van der Waals surface area contributed by atoms with Gasteiger partial charge in [-0.3, -0.25) is 4.79 Å². The van der Waals surface area contributed by atoms with Gasteiger partial charge in [-0.2, -0.15) is 0 Å². The lowest BCUT2D eigenvalue weighted by atomic mass is 10.2. The van der Waals surface area contributed by atoms with Crippen molar-refractivity contribution in [3.8, 4) is 0 Å². The number of fused-ring (bicyclic) bond motifs is 1. The molecule has 0 spiro atoms. The molecule has 0 unspecified atom stereocenters. The van der Waals surface area contributed by atoms with Crippen LogP contribution in [0.5, 0.6) is 0 Å². The lowest BCUT2D eigenvalue weighted by molar-refractivity contribution is -0.140. The van der Waals surface area contributed by atoms with E-state index in [2.05, 4.69) is 5.32 Å². The van der Waals surface area contributed by atoms with E-state index in [1.165, 1.54) is 0 Å². The molecule has 0 bridgehead atoms. The van der Waals surface area contributed by atoms with Crippen molar-refractivity contribution in [1.29, 1.82) is 0 Å². The van der Waals surface area contributed by atoms with Gasteiger partial charge in [0.2, 0.25) is 0 Å². The van der Waals surface area contributed by atoms with Gasteiger partial charge in [0.15, 0.2) is 0 Å². The number of nitrogens with one attached hydrogen (secondary N) is 1. The Labute approximate surface area is 93.2 Å². The molecule has 0 aliphatic carbocycles. The zero-order chi connectivity index (χ0) is 11.4. The molecule has 0 aliphatic heterocycles. The van der Waals surface area contributed by atoms with Crippen LogP contribution in [0.4, 0.5) is 5.69 Å². The van der Waals surface area contributed by atoms with Gasteiger partial charge in [-0.05, 0) is 19.1 Å². The number of para-hydroxylation sites is 1. The summed E-state index contributed by atoms with van der Waals surface area (Å²) >= 11 is 0. The second-order valence-electron chi connectivity index (χ2n) is 3.30. The maximum absolute atomic E-state index is 11.2. The number of hydrogen-bond acceptors (Lipinski definition) is 4. The molecule has 1 aromatic heterocycles. The average Bonchev–Trinajstić information content (AvgIpc) is 2.70. The molecule has 0 radical (unpaired) electrons. The highest BCUT2D eigenvalue weighted by Crippen LogP contribution is 2.24. The molecular weight excluding hydrogens is 206 g/mol. The maximum Gasteiger partial charge on any atom is 0.325 e. The summed E-state index contributed by atoms with van der Waals surface area (Å²) in [5.41, 5.74) is 1.61. The smallest absolute Gasteiger partial charge is 0.325 e. The summed E-state index contributed by atoms with van der Waals surface area (Å²) < 4.78 is 10.1. The van der Waals surface area contributed by atoms with Gasteiger partial charge in [0.05, 0.1) is 12.3 Å². The van der Waals surface area contributed by atoms with Crippen molar-refractivity contribution in [2.24, 2.45) is 0 Å². The van der Waals surface area contributed by atoms with Crippen molar-refractivity contribution in [1.82, 2.24) is 0 Å². The number of rotatable bonds is 4. The Bertz CT molecular complexity index is 490. The number of benzene rings is 1. The van der Waals surface area contributed by atoms with E-state index < -0.39 is 0 Å². The Hall–Kier alpha value is -1.97. The molecule has 1 aromatic carbocycles. The fraction of sp³-hybridized carbons (Fsp3) is 0.250. The molecule has 2 aromatic rings. The van der Waals surface area contributed by atoms with Gasteiger partial charge in [0.25, 0.3) is 0 Å². The van der Waals surface area contributed by atoms with Crippen LogP contribution in [0.25, 0.3) is 11.0 Å². The van der Waals surface area contributed by atoms with Crippen LogP contribution < -0.4 is 5.32 Å². The maximum atomic E-state index is 11.2. The van der Waals surface area contributed by atoms with E-state index in [0.717, 1.165) is 16.7 Å². The van der Waals surface area contributed by atoms with Crippen LogP contribution in [0.1, 0.15) is 6.92 Å². The summed E-state index contributed by atoms with van der Waals surface area (Å²) in [6, 6.07) is 7.64. The van der Waals surface area contributed by atoms with Gasteiger partial charge in [0.1, 0.15) is 18.4 Å². The molecule has 84 valence electrons. The lowest BCUT2D eigenvalue weighted by Gasteiger charge is -2.03. The second kappa shape index (κ2) is 4.70. The van der Waals surface area contributed by atoms with Crippen LogP contribution in [-0.4, -0.2) is 19.1 Å². The third-order valence-corrected chi connectivity index (χ3v) is 2.21. The molecule has 16 heavy (non-hydrogen) atoms. The standard InChI is InChI=1S/C12H13NO3/c1-2-15-12(14)7-13-10-8-16-11-6-4-3-5-9(10)11/h3-6,8,13H,2,7H2,1H3. The fourth-order valence-corrected chi connectivity index (χ4v) is 1.49. The molecule has 0 aliphatic rings. The van der Waals surface area contributed by atoms with Gasteiger partial charge in [-0.1, -0.05) is 12.1 Å². The average molecular weight is 219 g/mol. The van der Waals surface area contributed by atoms with Crippen LogP contribution in [0.15, 0.2) is 34.9 Å². The topological polar surface area (TPSA) is 51.5 Å². The van der Waals surface area contributed by atoms with E-state index in [1.807, 2.05) is 24.3 Å². The highest BCUT2D eigenvalue weighted by molar-refractivity contribution is 5.91. The third kappa shape index (κ3) is 2.16. The summed E-state index contributed by atoms with van der Waals surface area (Å²) in [5.74, 6) is -0.271. The molecule has 2 rings (SSSR count). The van der Waals surface area contributed by atoms with Crippen LogP contribution in [-0.2, 0) is 9.53 Å². The first kappa shape index (κ1) is 10.5. The SMILES string of the molecule is CCOC(=O)CNc1coc2ccccc12. The molecule has 0 amide bonds. The van der Waals surface area contributed by atoms with Crippen molar-refractivity contribution >= 4 is 22.6 Å². The largest absolute Gasteiger partial charge is 0.465 e. The van der Waals surface area contributed by atoms with Crippen molar-refractivity contribution in [2.75, 3.05) is 18.5 Å². The minimum Gasteiger partial charge on any atom is -0.465 e. The molecule has 0 saturated carbocycles. The van der Waals surface area contributed by atoms with E-state index in [1.54, 1.807) is 13.2 Å². The van der Waals surface area contributed by atoms with E-state index in [9.17, 15) is 4.79 Å². The fourth-order valence-electron chi connectivity index (χ4n) is 1.49. The van der Waals surface area contributed by atoms with E-state index in [4.69, 9.17) is 9.15 Å². The van der Waals surface area contributed by atoms with Crippen LogP contribution in [0, 0.1) is 0 Å². The number of furan rings is 1. The predicted octanol–water partition coefficient (Wildman–Crippen LogP) is 2.41. The van der Waals surface area contributed by atoms with E-state index >= 15 is 0 Å². The first-order chi connectivity index (χ1) is 7.81. The molecule has 1 heterocycles. The molecule has 0 fully saturated rings. The summed E-state index contributed by atoms with van der Waals surface area (Å²) in [5, 5.41) is 3.95. The molecule has 1 N–H and O–H groups in total. The highest BCUT2D eigenvalue weighted by Gasteiger charge is 2.06. The molecule has 0 saturated heterocycles. The minimum absolute atomic E-state index is 0.150. The summed E-state index contributed by atoms with van der Waals surface area (Å²) in [6.45, 7) is 2.33. The highest BCUT2D eigenvalue weighted by atomic mass is 16.5. The van der Waals surface area contributed by atoms with Gasteiger partial charge >= 0.3 is 5.97 Å². The third-order valence-electron chi connectivity index (χ3n) is 2.21. The zero-order valence-electron chi connectivity index (χ0n) is 9.03. The van der Waals surface area contributed by atoms with Gasteiger partial charge < -0.3 is 14.5 Å². The second-order valence-corrected chi connectivity index (χ2v) is 3.30.